The third-order valence-electron chi connectivity index (χ3n) is 16.1. The van der Waals surface area contributed by atoms with Crippen LogP contribution in [-0.4, -0.2) is 28.7 Å². The van der Waals surface area contributed by atoms with Gasteiger partial charge in [-0.2, -0.15) is 0 Å². The van der Waals surface area contributed by atoms with E-state index in [-0.39, 0.29) is 0 Å². The predicted octanol–water partition coefficient (Wildman–Crippen LogP) is 19.2. The van der Waals surface area contributed by atoms with Crippen LogP contribution in [0.3, 0.4) is 0 Å². The lowest BCUT2D eigenvalue weighted by Crippen LogP contribution is -2.03. The third-order valence-corrected chi connectivity index (χ3v) is 16.1. The largest absolute Gasteiger partial charge is 0.309 e. The topological polar surface area (TPSA) is 53.5 Å². The van der Waals surface area contributed by atoms with Crippen LogP contribution in [0.25, 0.3) is 150 Å². The zero-order valence-corrected chi connectivity index (χ0v) is 43.9. The molecule has 378 valence electrons. The lowest BCUT2D eigenvalue weighted by atomic mass is 9.99. The number of benzene rings is 12. The Balaban J connectivity index is 0.884. The lowest BCUT2D eigenvalue weighted by molar-refractivity contribution is 1.07. The average molecular weight is 1030 g/mol. The van der Waals surface area contributed by atoms with Gasteiger partial charge in [-0.25, -0.2) is 15.0 Å². The van der Waals surface area contributed by atoms with E-state index in [0.717, 1.165) is 83.6 Å². The van der Waals surface area contributed by atoms with Crippen LogP contribution in [0.2, 0.25) is 0 Å². The summed E-state index contributed by atoms with van der Waals surface area (Å²) in [6, 6.07) is 104. The quantitative estimate of drug-likeness (QED) is 0.145. The van der Waals surface area contributed by atoms with Gasteiger partial charge in [-0.15, -0.1) is 0 Å². The number of hydrogen-bond donors (Lipinski definition) is 0. The smallest absolute Gasteiger partial charge is 0.164 e. The molecule has 0 aliphatic rings. The molecule has 0 fully saturated rings. The Morgan fingerprint density at radius 3 is 0.938 bits per heavy atom. The first-order valence-electron chi connectivity index (χ1n) is 27.5. The number of hydrogen-bond acceptors (Lipinski definition) is 3. The minimum Gasteiger partial charge on any atom is -0.309 e. The Kier molecular flexibility index (Phi) is 10.8. The lowest BCUT2D eigenvalue weighted by Gasteiger charge is -2.17. The minimum absolute atomic E-state index is 0.581. The molecule has 4 heterocycles. The fraction of sp³-hybridized carbons (Fsp3) is 0. The highest BCUT2D eigenvalue weighted by Gasteiger charge is 2.22. The van der Waals surface area contributed by atoms with Crippen LogP contribution in [0.4, 0.5) is 0 Å². The normalized spacial score (nSPS) is 11.7. The predicted molar refractivity (Wildman–Crippen MR) is 335 cm³/mol. The van der Waals surface area contributed by atoms with E-state index in [1.54, 1.807) is 0 Å². The number of fused-ring (bicyclic) bond motifs is 9. The molecule has 4 aromatic heterocycles. The Hall–Kier alpha value is -11.0. The molecular weight excluding hydrogens is 985 g/mol. The summed E-state index contributed by atoms with van der Waals surface area (Å²) in [6.07, 6.45) is 0. The molecule has 0 aliphatic heterocycles. The molecule has 0 unspecified atom stereocenters. The van der Waals surface area contributed by atoms with Gasteiger partial charge in [0.2, 0.25) is 0 Å². The number of aromatic nitrogens is 6. The first-order chi connectivity index (χ1) is 40.2. The van der Waals surface area contributed by atoms with Gasteiger partial charge in [0.1, 0.15) is 0 Å². The van der Waals surface area contributed by atoms with Gasteiger partial charge in [-0.05, 0) is 95.1 Å². The van der Waals surface area contributed by atoms with Crippen molar-refractivity contribution in [2.45, 2.75) is 0 Å². The zero-order chi connectivity index (χ0) is 53.4. The molecule has 0 saturated carbocycles. The molecule has 0 aliphatic carbocycles. The summed E-state index contributed by atoms with van der Waals surface area (Å²) in [5, 5.41) is 7.20. The molecule has 6 heteroatoms. The Bertz CT molecular complexity index is 5040. The zero-order valence-electron chi connectivity index (χ0n) is 43.9. The molecule has 16 rings (SSSR count). The number of rotatable bonds is 9. The molecule has 0 bridgehead atoms. The summed E-state index contributed by atoms with van der Waals surface area (Å²) in [6.45, 7) is 0. The van der Waals surface area contributed by atoms with Crippen molar-refractivity contribution in [2.75, 3.05) is 0 Å². The van der Waals surface area contributed by atoms with Gasteiger partial charge in [0.05, 0.1) is 44.5 Å². The van der Waals surface area contributed by atoms with Crippen molar-refractivity contribution in [3.63, 3.8) is 0 Å². The molecule has 0 atom stereocenters. The Morgan fingerprint density at radius 1 is 0.198 bits per heavy atom. The highest BCUT2D eigenvalue weighted by atomic mass is 15.0. The van der Waals surface area contributed by atoms with E-state index in [1.807, 2.05) is 18.2 Å². The molecular formula is C75H48N6. The molecule has 12 aromatic carbocycles. The van der Waals surface area contributed by atoms with Gasteiger partial charge in [0.15, 0.2) is 17.5 Å². The van der Waals surface area contributed by atoms with Crippen LogP contribution in [0.15, 0.2) is 291 Å². The monoisotopic (exact) mass is 1030 g/mol. The van der Waals surface area contributed by atoms with Gasteiger partial charge >= 0.3 is 0 Å². The van der Waals surface area contributed by atoms with Gasteiger partial charge in [-0.1, -0.05) is 218 Å². The van der Waals surface area contributed by atoms with Crippen molar-refractivity contribution in [3.8, 4) is 84.6 Å². The second-order valence-corrected chi connectivity index (χ2v) is 20.7. The SMILES string of the molecule is c1ccc(-c2nc(-c3ccc(-c4ccccc4)c(-n4c5ccccc5c5ccccc54)c3)nc(-c3ccc(-c4ccccc4)c(-n4c5ccccc5c5cc(-c6ccc7c(c6)c6ccccc6n7-c6ccccc6)ccc54)c3)n2)cc1. The molecule has 0 spiro atoms. The maximum Gasteiger partial charge on any atom is 0.164 e. The van der Waals surface area contributed by atoms with Gasteiger partial charge in [-0.3, -0.25) is 0 Å². The van der Waals surface area contributed by atoms with Crippen LogP contribution in [0.5, 0.6) is 0 Å². The molecule has 0 amide bonds. The fourth-order valence-corrected chi connectivity index (χ4v) is 12.4. The van der Waals surface area contributed by atoms with E-state index in [4.69, 9.17) is 15.0 Å². The highest BCUT2D eigenvalue weighted by Crippen LogP contribution is 2.43. The number of para-hydroxylation sites is 5. The first-order valence-corrected chi connectivity index (χ1v) is 27.5. The van der Waals surface area contributed by atoms with Crippen molar-refractivity contribution in [2.24, 2.45) is 0 Å². The number of nitrogens with zero attached hydrogens (tertiary/aromatic N) is 6. The second kappa shape index (κ2) is 18.9. The summed E-state index contributed by atoms with van der Waals surface area (Å²) >= 11 is 0. The first kappa shape index (κ1) is 46.2. The van der Waals surface area contributed by atoms with E-state index >= 15 is 0 Å². The van der Waals surface area contributed by atoms with Crippen LogP contribution < -0.4 is 0 Å². The molecule has 81 heavy (non-hydrogen) atoms. The fourth-order valence-electron chi connectivity index (χ4n) is 12.4. The second-order valence-electron chi connectivity index (χ2n) is 20.7. The van der Waals surface area contributed by atoms with Gasteiger partial charge in [0.25, 0.3) is 0 Å². The summed E-state index contributed by atoms with van der Waals surface area (Å²) in [4.78, 5) is 16.1. The molecule has 16 aromatic rings. The molecule has 0 saturated heterocycles. The molecule has 0 radical (unpaired) electrons. The molecule has 0 N–H and O–H groups in total. The van der Waals surface area contributed by atoms with Crippen LogP contribution >= 0.6 is 0 Å². The minimum atomic E-state index is 0.581. The summed E-state index contributed by atoms with van der Waals surface area (Å²) in [7, 11) is 0. The molecule has 6 nitrogen and oxygen atoms in total. The Morgan fingerprint density at radius 2 is 0.506 bits per heavy atom. The average Bonchev–Trinajstić information content (AvgIpc) is 3.90. The van der Waals surface area contributed by atoms with Crippen molar-refractivity contribution in [1.29, 1.82) is 0 Å². The van der Waals surface area contributed by atoms with E-state index < -0.39 is 0 Å². The van der Waals surface area contributed by atoms with Crippen LogP contribution in [0.1, 0.15) is 0 Å². The highest BCUT2D eigenvalue weighted by molar-refractivity contribution is 6.14. The summed E-state index contributed by atoms with van der Waals surface area (Å²) in [5.74, 6) is 1.76. The van der Waals surface area contributed by atoms with E-state index in [9.17, 15) is 0 Å². The van der Waals surface area contributed by atoms with Crippen molar-refractivity contribution in [3.05, 3.63) is 291 Å². The third kappa shape index (κ3) is 7.68. The van der Waals surface area contributed by atoms with Gasteiger partial charge < -0.3 is 13.7 Å². The maximum atomic E-state index is 5.46. The maximum absolute atomic E-state index is 5.46. The van der Waals surface area contributed by atoms with Crippen molar-refractivity contribution >= 4 is 65.4 Å². The standard InChI is InChI=1S/C75H48N6/c1-5-21-49(22-6-1)57-41-37-54(47-71(57)80-66-34-18-13-29-59(66)60-30-14-19-35-67(60)80)74-76-73(51-25-9-3-10-26-51)77-75(78-74)55-38-42-58(50-23-7-2-8-24-50)72(48-55)81-68-36-20-16-32-62(68)64-46-53(40-44-70(64)81)52-39-43-69-63(45-52)61-31-15-17-33-65(61)79(69)56-27-11-4-12-28-56/h1-48H. The van der Waals surface area contributed by atoms with Crippen molar-refractivity contribution in [1.82, 2.24) is 28.7 Å². The van der Waals surface area contributed by atoms with Crippen LogP contribution in [-0.2, 0) is 0 Å². The van der Waals surface area contributed by atoms with E-state index in [2.05, 4.69) is 287 Å². The summed E-state index contributed by atoms with van der Waals surface area (Å²) < 4.78 is 7.19. The Labute approximate surface area is 467 Å². The summed E-state index contributed by atoms with van der Waals surface area (Å²) in [5.41, 5.74) is 19.5. The van der Waals surface area contributed by atoms with Crippen molar-refractivity contribution < 1.29 is 0 Å². The van der Waals surface area contributed by atoms with Crippen LogP contribution in [0, 0.1) is 0 Å². The van der Waals surface area contributed by atoms with E-state index in [0.29, 0.717) is 17.5 Å². The van der Waals surface area contributed by atoms with E-state index in [1.165, 1.54) is 48.9 Å². The van der Waals surface area contributed by atoms with Gasteiger partial charge in [0, 0.05) is 65.8 Å².